The zero-order chi connectivity index (χ0) is 15.0. The third kappa shape index (κ3) is 2.89. The van der Waals surface area contributed by atoms with Crippen molar-refractivity contribution in [2.45, 2.75) is 31.4 Å². The molecule has 0 radical (unpaired) electrons. The Bertz CT molecular complexity index is 517. The number of aromatic hydroxyl groups is 1. The number of fused-ring (bicyclic) bond motifs is 1. The Kier molecular flexibility index (Phi) is 3.87. The minimum Gasteiger partial charge on any atom is -0.508 e. The van der Waals surface area contributed by atoms with Gasteiger partial charge in [-0.05, 0) is 42.9 Å². The van der Waals surface area contributed by atoms with Gasteiger partial charge < -0.3 is 20.8 Å². The SMILES string of the molecule is N[C@H](Cc1ccc(O)cc1)C(=O)N1CC2CCC(O)C2C1. The van der Waals surface area contributed by atoms with Gasteiger partial charge in [-0.2, -0.15) is 0 Å². The number of carbonyl (C=O) groups excluding carboxylic acids is 1. The maximum atomic E-state index is 12.4. The van der Waals surface area contributed by atoms with Gasteiger partial charge in [0.1, 0.15) is 5.75 Å². The summed E-state index contributed by atoms with van der Waals surface area (Å²) < 4.78 is 0. The lowest BCUT2D eigenvalue weighted by Crippen LogP contribution is -2.44. The monoisotopic (exact) mass is 290 g/mol. The van der Waals surface area contributed by atoms with Crippen LogP contribution in [0.4, 0.5) is 0 Å². The largest absolute Gasteiger partial charge is 0.508 e. The average molecular weight is 290 g/mol. The summed E-state index contributed by atoms with van der Waals surface area (Å²) in [4.78, 5) is 14.2. The number of phenolic OH excluding ortho intramolecular Hbond substituents is 1. The molecule has 4 N–H and O–H groups in total. The Labute approximate surface area is 124 Å². The fourth-order valence-electron chi connectivity index (χ4n) is 3.62. The van der Waals surface area contributed by atoms with Crippen LogP contribution in [0.2, 0.25) is 0 Å². The smallest absolute Gasteiger partial charge is 0.239 e. The number of nitrogens with zero attached hydrogens (tertiary/aromatic N) is 1. The van der Waals surface area contributed by atoms with Crippen LogP contribution in [0, 0.1) is 11.8 Å². The second-order valence-electron chi connectivity index (χ2n) is 6.29. The fourth-order valence-corrected chi connectivity index (χ4v) is 3.62. The standard InChI is InChI=1S/C16H22N2O3/c17-14(7-10-1-4-12(19)5-2-10)16(21)18-8-11-3-6-15(20)13(11)9-18/h1-2,4-5,11,13-15,19-20H,3,6-9,17H2/t11?,13?,14-,15?/m1/s1. The van der Waals surface area contributed by atoms with Crippen molar-refractivity contribution in [3.05, 3.63) is 29.8 Å². The highest BCUT2D eigenvalue weighted by Gasteiger charge is 2.43. The van der Waals surface area contributed by atoms with Gasteiger partial charge in [-0.15, -0.1) is 0 Å². The molecule has 5 heteroatoms. The van der Waals surface area contributed by atoms with Crippen molar-refractivity contribution >= 4 is 5.91 Å². The van der Waals surface area contributed by atoms with Gasteiger partial charge in [-0.3, -0.25) is 4.79 Å². The summed E-state index contributed by atoms with van der Waals surface area (Å²) >= 11 is 0. The predicted octanol–water partition coefficient (Wildman–Crippen LogP) is 0.491. The number of benzene rings is 1. The molecular formula is C16H22N2O3. The first-order chi connectivity index (χ1) is 10.0. The van der Waals surface area contributed by atoms with E-state index in [0.29, 0.717) is 18.9 Å². The molecule has 3 unspecified atom stereocenters. The quantitative estimate of drug-likeness (QED) is 0.756. The number of carbonyl (C=O) groups is 1. The summed E-state index contributed by atoms with van der Waals surface area (Å²) in [5, 5.41) is 19.2. The molecule has 2 aliphatic rings. The highest BCUT2D eigenvalue weighted by molar-refractivity contribution is 5.82. The molecule has 114 valence electrons. The van der Waals surface area contributed by atoms with E-state index in [-0.39, 0.29) is 23.7 Å². The van der Waals surface area contributed by atoms with Crippen molar-refractivity contribution in [3.63, 3.8) is 0 Å². The summed E-state index contributed by atoms with van der Waals surface area (Å²) in [5.74, 6) is 0.837. The molecule has 21 heavy (non-hydrogen) atoms. The Morgan fingerprint density at radius 1 is 1.29 bits per heavy atom. The van der Waals surface area contributed by atoms with Crippen LogP contribution in [0.25, 0.3) is 0 Å². The van der Waals surface area contributed by atoms with E-state index in [1.807, 2.05) is 4.90 Å². The molecule has 1 aliphatic carbocycles. The molecule has 4 atom stereocenters. The lowest BCUT2D eigenvalue weighted by atomic mass is 10.00. The molecule has 1 aromatic rings. The maximum Gasteiger partial charge on any atom is 0.239 e. The van der Waals surface area contributed by atoms with Gasteiger partial charge in [0.25, 0.3) is 0 Å². The fraction of sp³-hybridized carbons (Fsp3) is 0.562. The van der Waals surface area contributed by atoms with E-state index in [4.69, 9.17) is 5.73 Å². The second kappa shape index (κ2) is 5.66. The molecular weight excluding hydrogens is 268 g/mol. The molecule has 5 nitrogen and oxygen atoms in total. The van der Waals surface area contributed by atoms with Gasteiger partial charge in [0.05, 0.1) is 12.1 Å². The van der Waals surface area contributed by atoms with Crippen LogP contribution in [0.1, 0.15) is 18.4 Å². The lowest BCUT2D eigenvalue weighted by molar-refractivity contribution is -0.132. The van der Waals surface area contributed by atoms with E-state index in [1.54, 1.807) is 24.3 Å². The number of phenols is 1. The molecule has 0 aromatic heterocycles. The Morgan fingerprint density at radius 2 is 2.00 bits per heavy atom. The number of nitrogens with two attached hydrogens (primary N) is 1. The molecule has 2 fully saturated rings. The van der Waals surface area contributed by atoms with Crippen LogP contribution in [-0.4, -0.2) is 46.3 Å². The molecule has 1 saturated carbocycles. The molecule has 1 amide bonds. The van der Waals surface area contributed by atoms with Crippen LogP contribution in [0.3, 0.4) is 0 Å². The molecule has 1 saturated heterocycles. The minimum atomic E-state index is -0.564. The van der Waals surface area contributed by atoms with Crippen molar-refractivity contribution in [3.8, 4) is 5.75 Å². The molecule has 1 heterocycles. The van der Waals surface area contributed by atoms with Gasteiger partial charge >= 0.3 is 0 Å². The van der Waals surface area contributed by atoms with Gasteiger partial charge in [-0.25, -0.2) is 0 Å². The first kappa shape index (κ1) is 14.4. The Hall–Kier alpha value is -1.59. The van der Waals surface area contributed by atoms with Crippen molar-refractivity contribution in [2.75, 3.05) is 13.1 Å². The number of hydrogen-bond acceptors (Lipinski definition) is 4. The maximum absolute atomic E-state index is 12.4. The van der Waals surface area contributed by atoms with E-state index in [2.05, 4.69) is 0 Å². The number of rotatable bonds is 3. The summed E-state index contributed by atoms with van der Waals surface area (Å²) in [6.07, 6.45) is 2.06. The van der Waals surface area contributed by atoms with E-state index >= 15 is 0 Å². The lowest BCUT2D eigenvalue weighted by Gasteiger charge is -2.22. The van der Waals surface area contributed by atoms with Crippen molar-refractivity contribution < 1.29 is 15.0 Å². The van der Waals surface area contributed by atoms with Crippen molar-refractivity contribution in [2.24, 2.45) is 17.6 Å². The second-order valence-corrected chi connectivity index (χ2v) is 6.29. The van der Waals surface area contributed by atoms with E-state index in [1.165, 1.54) is 0 Å². The first-order valence-corrected chi connectivity index (χ1v) is 7.55. The third-order valence-corrected chi connectivity index (χ3v) is 4.84. The summed E-state index contributed by atoms with van der Waals surface area (Å²) in [6.45, 7) is 1.36. The topological polar surface area (TPSA) is 86.8 Å². The predicted molar refractivity (Wildman–Crippen MR) is 78.6 cm³/mol. The van der Waals surface area contributed by atoms with Crippen molar-refractivity contribution in [1.82, 2.24) is 4.90 Å². The number of amides is 1. The van der Waals surface area contributed by atoms with Gasteiger partial charge in [0.15, 0.2) is 0 Å². The molecule has 0 spiro atoms. The van der Waals surface area contributed by atoms with Gasteiger partial charge in [0.2, 0.25) is 5.91 Å². The zero-order valence-corrected chi connectivity index (χ0v) is 12.0. The van der Waals surface area contributed by atoms with Gasteiger partial charge in [0, 0.05) is 19.0 Å². The number of likely N-dealkylation sites (tertiary alicyclic amines) is 1. The summed E-state index contributed by atoms with van der Waals surface area (Å²) in [6, 6.07) is 6.20. The van der Waals surface area contributed by atoms with Crippen LogP contribution in [0.15, 0.2) is 24.3 Å². The first-order valence-electron chi connectivity index (χ1n) is 7.55. The summed E-state index contributed by atoms with van der Waals surface area (Å²) in [5.41, 5.74) is 6.97. The third-order valence-electron chi connectivity index (χ3n) is 4.84. The summed E-state index contributed by atoms with van der Waals surface area (Å²) in [7, 11) is 0. The average Bonchev–Trinajstić information content (AvgIpc) is 3.03. The number of hydrogen-bond donors (Lipinski definition) is 3. The number of aliphatic hydroxyl groups excluding tert-OH is 1. The van der Waals surface area contributed by atoms with Crippen LogP contribution in [-0.2, 0) is 11.2 Å². The van der Waals surface area contributed by atoms with Crippen LogP contribution in [0.5, 0.6) is 5.75 Å². The number of aliphatic hydroxyl groups is 1. The zero-order valence-electron chi connectivity index (χ0n) is 12.0. The minimum absolute atomic E-state index is 0.0373. The van der Waals surface area contributed by atoms with Crippen LogP contribution < -0.4 is 5.73 Å². The van der Waals surface area contributed by atoms with Gasteiger partial charge in [-0.1, -0.05) is 12.1 Å². The molecule has 3 rings (SSSR count). The molecule has 1 aromatic carbocycles. The highest BCUT2D eigenvalue weighted by atomic mass is 16.3. The normalized spacial score (nSPS) is 29.4. The van der Waals surface area contributed by atoms with Crippen LogP contribution >= 0.6 is 0 Å². The van der Waals surface area contributed by atoms with E-state index in [9.17, 15) is 15.0 Å². The van der Waals surface area contributed by atoms with E-state index < -0.39 is 6.04 Å². The molecule has 0 bridgehead atoms. The highest BCUT2D eigenvalue weighted by Crippen LogP contribution is 2.38. The van der Waals surface area contributed by atoms with Crippen molar-refractivity contribution in [1.29, 1.82) is 0 Å². The Balaban J connectivity index is 1.59. The Morgan fingerprint density at radius 3 is 2.67 bits per heavy atom. The molecule has 1 aliphatic heterocycles. The van der Waals surface area contributed by atoms with E-state index in [0.717, 1.165) is 24.9 Å².